The highest BCUT2D eigenvalue weighted by atomic mass is 19.4. The Bertz CT molecular complexity index is 325. The van der Waals surface area contributed by atoms with Crippen molar-refractivity contribution in [2.24, 2.45) is 11.7 Å². The van der Waals surface area contributed by atoms with Gasteiger partial charge in [-0.2, -0.15) is 13.2 Å². The second-order valence-corrected chi connectivity index (χ2v) is 4.44. The van der Waals surface area contributed by atoms with Crippen LogP contribution in [0, 0.1) is 5.92 Å². The minimum absolute atomic E-state index is 0.0860. The molecule has 3 N–H and O–H groups in total. The first-order valence-electron chi connectivity index (χ1n) is 5.55. The van der Waals surface area contributed by atoms with Crippen LogP contribution in [-0.2, 0) is 9.59 Å². The third kappa shape index (κ3) is 3.86. The number of nitrogens with one attached hydrogen (secondary N) is 1. The van der Waals surface area contributed by atoms with Crippen LogP contribution in [0.2, 0.25) is 0 Å². The maximum absolute atomic E-state index is 12.4. The van der Waals surface area contributed by atoms with Crippen molar-refractivity contribution >= 4 is 11.8 Å². The maximum atomic E-state index is 12.4. The first-order valence-corrected chi connectivity index (χ1v) is 5.55. The number of amides is 2. The number of halogens is 3. The first kappa shape index (κ1) is 14.7. The van der Waals surface area contributed by atoms with Gasteiger partial charge in [-0.05, 0) is 12.8 Å². The number of carbonyl (C=O) groups is 2. The van der Waals surface area contributed by atoms with Gasteiger partial charge in [0.05, 0.1) is 18.5 Å². The molecule has 0 radical (unpaired) electrons. The third-order valence-corrected chi connectivity index (χ3v) is 2.94. The van der Waals surface area contributed by atoms with E-state index in [-0.39, 0.29) is 25.9 Å². The summed E-state index contributed by atoms with van der Waals surface area (Å²) in [6, 6.07) is -0.673. The molecule has 1 heterocycles. The van der Waals surface area contributed by atoms with Gasteiger partial charge in [0.15, 0.2) is 0 Å². The van der Waals surface area contributed by atoms with Gasteiger partial charge in [0.1, 0.15) is 0 Å². The predicted molar refractivity (Wildman–Crippen MR) is 57.4 cm³/mol. The van der Waals surface area contributed by atoms with Crippen molar-refractivity contribution in [3.8, 4) is 0 Å². The molecule has 0 aromatic carbocycles. The fourth-order valence-electron chi connectivity index (χ4n) is 1.92. The lowest BCUT2D eigenvalue weighted by atomic mass is 9.93. The molecule has 0 aromatic rings. The van der Waals surface area contributed by atoms with E-state index in [2.05, 4.69) is 5.32 Å². The van der Waals surface area contributed by atoms with Crippen molar-refractivity contribution in [1.82, 2.24) is 10.2 Å². The Morgan fingerprint density at radius 3 is 2.39 bits per heavy atom. The summed E-state index contributed by atoms with van der Waals surface area (Å²) in [6.07, 6.45) is -4.22. The van der Waals surface area contributed by atoms with Gasteiger partial charge >= 0.3 is 6.18 Å². The van der Waals surface area contributed by atoms with Crippen molar-refractivity contribution in [1.29, 1.82) is 0 Å². The molecule has 5 nitrogen and oxygen atoms in total. The molecule has 1 saturated heterocycles. The Hall–Kier alpha value is -1.31. The second-order valence-electron chi connectivity index (χ2n) is 4.44. The molecule has 8 heteroatoms. The number of piperidine rings is 1. The summed E-state index contributed by atoms with van der Waals surface area (Å²) in [5.74, 6) is -2.48. The number of nitrogens with two attached hydrogens (primary N) is 1. The van der Waals surface area contributed by atoms with Gasteiger partial charge in [0, 0.05) is 13.6 Å². The maximum Gasteiger partial charge on any atom is 0.393 e. The molecule has 0 aromatic heterocycles. The number of hydrogen-bond acceptors (Lipinski definition) is 3. The minimum Gasteiger partial charge on any atom is -0.368 e. The highest BCUT2D eigenvalue weighted by molar-refractivity contribution is 5.86. The normalized spacial score (nSPS) is 24.7. The lowest BCUT2D eigenvalue weighted by Gasteiger charge is -2.32. The van der Waals surface area contributed by atoms with Crippen LogP contribution >= 0.6 is 0 Å². The van der Waals surface area contributed by atoms with Gasteiger partial charge in [0.2, 0.25) is 11.8 Å². The summed E-state index contributed by atoms with van der Waals surface area (Å²) in [7, 11) is 1.39. The van der Waals surface area contributed by atoms with E-state index >= 15 is 0 Å². The van der Waals surface area contributed by atoms with Crippen molar-refractivity contribution in [3.63, 3.8) is 0 Å². The molecule has 2 atom stereocenters. The number of carbonyl (C=O) groups excluding carboxylic acids is 2. The van der Waals surface area contributed by atoms with E-state index in [1.165, 1.54) is 7.05 Å². The minimum atomic E-state index is -4.24. The number of likely N-dealkylation sites (N-methyl/N-ethyl adjacent to an activating group) is 1. The van der Waals surface area contributed by atoms with E-state index in [4.69, 9.17) is 5.73 Å². The summed E-state index contributed by atoms with van der Waals surface area (Å²) >= 11 is 0. The Morgan fingerprint density at radius 2 is 2.00 bits per heavy atom. The van der Waals surface area contributed by atoms with Crippen molar-refractivity contribution < 1.29 is 22.8 Å². The molecular weight excluding hydrogens is 251 g/mol. The van der Waals surface area contributed by atoms with E-state index < -0.39 is 30.0 Å². The molecule has 0 bridgehead atoms. The largest absolute Gasteiger partial charge is 0.393 e. The van der Waals surface area contributed by atoms with E-state index in [0.29, 0.717) is 0 Å². The van der Waals surface area contributed by atoms with Gasteiger partial charge in [-0.15, -0.1) is 0 Å². The zero-order valence-corrected chi connectivity index (χ0v) is 9.96. The molecule has 0 spiro atoms. The van der Waals surface area contributed by atoms with E-state index in [1.54, 1.807) is 0 Å². The van der Waals surface area contributed by atoms with Crippen LogP contribution in [0.3, 0.4) is 0 Å². The molecule has 1 fully saturated rings. The summed E-state index contributed by atoms with van der Waals surface area (Å²) < 4.78 is 37.2. The summed E-state index contributed by atoms with van der Waals surface area (Å²) in [4.78, 5) is 23.5. The summed E-state index contributed by atoms with van der Waals surface area (Å²) in [6.45, 7) is -0.510. The van der Waals surface area contributed by atoms with Crippen LogP contribution in [-0.4, -0.2) is 49.1 Å². The molecule has 0 aliphatic carbocycles. The molecular formula is C10H16F3N3O2. The first-order chi connectivity index (χ1) is 8.21. The standard InChI is InChI=1S/C10H16F3N3O2/c1-16(5-8(14)17)9(18)7-3-2-6(4-15-7)10(11,12)13/h6-7,15H,2-5H2,1H3,(H2,14,17). The molecule has 104 valence electrons. The number of primary amides is 1. The quantitative estimate of drug-likeness (QED) is 0.747. The average molecular weight is 267 g/mol. The van der Waals surface area contributed by atoms with Crippen molar-refractivity contribution in [2.75, 3.05) is 20.1 Å². The highest BCUT2D eigenvalue weighted by Crippen LogP contribution is 2.32. The molecule has 1 aliphatic heterocycles. The molecule has 1 rings (SSSR count). The van der Waals surface area contributed by atoms with Gasteiger partial charge < -0.3 is 16.0 Å². The van der Waals surface area contributed by atoms with Crippen molar-refractivity contribution in [3.05, 3.63) is 0 Å². The Balaban J connectivity index is 2.48. The second kappa shape index (κ2) is 5.55. The van der Waals surface area contributed by atoms with Gasteiger partial charge in [-0.1, -0.05) is 0 Å². The van der Waals surface area contributed by atoms with Crippen molar-refractivity contribution in [2.45, 2.75) is 25.1 Å². The van der Waals surface area contributed by atoms with E-state index in [0.717, 1.165) is 4.90 Å². The fraction of sp³-hybridized carbons (Fsp3) is 0.800. The van der Waals surface area contributed by atoms with Gasteiger partial charge in [-0.3, -0.25) is 9.59 Å². The highest BCUT2D eigenvalue weighted by Gasteiger charge is 2.42. The van der Waals surface area contributed by atoms with Crippen LogP contribution in [0.1, 0.15) is 12.8 Å². The SMILES string of the molecule is CN(CC(N)=O)C(=O)C1CCC(C(F)(F)F)CN1. The van der Waals surface area contributed by atoms with Crippen LogP contribution in [0.4, 0.5) is 13.2 Å². The molecule has 1 aliphatic rings. The summed E-state index contributed by atoms with van der Waals surface area (Å²) in [5, 5.41) is 2.57. The van der Waals surface area contributed by atoms with Gasteiger partial charge in [0.25, 0.3) is 0 Å². The lowest BCUT2D eigenvalue weighted by molar-refractivity contribution is -0.180. The number of nitrogens with zero attached hydrogens (tertiary/aromatic N) is 1. The molecule has 18 heavy (non-hydrogen) atoms. The summed E-state index contributed by atoms with van der Waals surface area (Å²) in [5.41, 5.74) is 4.94. The lowest BCUT2D eigenvalue weighted by Crippen LogP contribution is -2.52. The Kier molecular flexibility index (Phi) is 4.55. The molecule has 0 saturated carbocycles. The number of hydrogen-bond donors (Lipinski definition) is 2. The monoisotopic (exact) mass is 267 g/mol. The van der Waals surface area contributed by atoms with E-state index in [9.17, 15) is 22.8 Å². The smallest absolute Gasteiger partial charge is 0.368 e. The van der Waals surface area contributed by atoms with Gasteiger partial charge in [-0.25, -0.2) is 0 Å². The Labute approximate surface area is 102 Å². The van der Waals surface area contributed by atoms with Crippen LogP contribution in [0.25, 0.3) is 0 Å². The zero-order chi connectivity index (χ0) is 13.9. The average Bonchev–Trinajstić information content (AvgIpc) is 2.26. The van der Waals surface area contributed by atoms with Crippen LogP contribution in [0.5, 0.6) is 0 Å². The molecule has 2 unspecified atom stereocenters. The molecule has 2 amide bonds. The third-order valence-electron chi connectivity index (χ3n) is 2.94. The Morgan fingerprint density at radius 1 is 1.39 bits per heavy atom. The predicted octanol–water partition coefficient (Wildman–Crippen LogP) is -0.139. The topological polar surface area (TPSA) is 75.4 Å². The zero-order valence-electron chi connectivity index (χ0n) is 9.96. The number of alkyl halides is 3. The van der Waals surface area contributed by atoms with Crippen LogP contribution < -0.4 is 11.1 Å². The van der Waals surface area contributed by atoms with E-state index in [1.807, 2.05) is 0 Å². The number of rotatable bonds is 3. The van der Waals surface area contributed by atoms with Crippen LogP contribution in [0.15, 0.2) is 0 Å². The fourth-order valence-corrected chi connectivity index (χ4v) is 1.92.